The van der Waals surface area contributed by atoms with Crippen LogP contribution in [0, 0.1) is 0 Å². The number of hydrogen-bond donors (Lipinski definition) is 1. The van der Waals surface area contributed by atoms with Gasteiger partial charge in [0.05, 0.1) is 13.7 Å². The first kappa shape index (κ1) is 16.7. The highest BCUT2D eigenvalue weighted by Gasteiger charge is 2.26. The fourth-order valence-corrected chi connectivity index (χ4v) is 3.42. The molecule has 114 valence electrons. The van der Waals surface area contributed by atoms with Gasteiger partial charge in [-0.15, -0.1) is 0 Å². The average Bonchev–Trinajstić information content (AvgIpc) is 2.43. The van der Waals surface area contributed by atoms with Gasteiger partial charge in [0.1, 0.15) is 10.6 Å². The molecular formula is C13H22N2O4S. The predicted molar refractivity (Wildman–Crippen MR) is 78.3 cm³/mol. The molecule has 0 aromatic heterocycles. The first-order chi connectivity index (χ1) is 9.47. The van der Waals surface area contributed by atoms with Crippen LogP contribution in [0.3, 0.4) is 0 Å². The number of rotatable bonds is 8. The maximum Gasteiger partial charge on any atom is 0.246 e. The van der Waals surface area contributed by atoms with Gasteiger partial charge < -0.3 is 15.2 Å². The molecule has 0 aliphatic heterocycles. The fourth-order valence-electron chi connectivity index (χ4n) is 1.79. The Bertz CT molecular complexity index is 531. The van der Waals surface area contributed by atoms with Crippen molar-refractivity contribution < 1.29 is 17.9 Å². The molecule has 0 spiro atoms. The molecule has 0 bridgehead atoms. The number of methoxy groups -OCH3 is 1. The van der Waals surface area contributed by atoms with Crippen LogP contribution in [0.2, 0.25) is 0 Å². The first-order valence-electron chi connectivity index (χ1n) is 6.48. The minimum atomic E-state index is -3.65. The van der Waals surface area contributed by atoms with E-state index in [4.69, 9.17) is 15.2 Å². The Hall–Kier alpha value is -1.31. The van der Waals surface area contributed by atoms with E-state index in [-0.39, 0.29) is 10.6 Å². The molecule has 0 saturated heterocycles. The number of anilines is 1. The van der Waals surface area contributed by atoms with Gasteiger partial charge in [-0.25, -0.2) is 8.42 Å². The van der Waals surface area contributed by atoms with Gasteiger partial charge in [0.25, 0.3) is 0 Å². The molecule has 7 heteroatoms. The molecule has 1 aromatic rings. The Balaban J connectivity index is 3.10. The summed E-state index contributed by atoms with van der Waals surface area (Å²) in [7, 11) is -2.22. The van der Waals surface area contributed by atoms with Gasteiger partial charge in [-0.3, -0.25) is 0 Å². The van der Waals surface area contributed by atoms with E-state index in [9.17, 15) is 8.42 Å². The van der Waals surface area contributed by atoms with Crippen molar-refractivity contribution in [1.82, 2.24) is 4.31 Å². The minimum absolute atomic E-state index is 0.0818. The lowest BCUT2D eigenvalue weighted by Crippen LogP contribution is -2.34. The highest BCUT2D eigenvalue weighted by atomic mass is 32.2. The zero-order valence-corrected chi connectivity index (χ0v) is 12.9. The van der Waals surface area contributed by atoms with Crippen LogP contribution in [0.15, 0.2) is 23.1 Å². The Labute approximate surface area is 120 Å². The molecule has 0 atom stereocenters. The number of nitrogens with two attached hydrogens (primary N) is 1. The molecule has 0 saturated carbocycles. The van der Waals surface area contributed by atoms with Crippen LogP contribution in [-0.4, -0.2) is 46.1 Å². The fraction of sp³-hybridized carbons (Fsp3) is 0.538. The van der Waals surface area contributed by atoms with E-state index in [0.29, 0.717) is 32.0 Å². The molecule has 0 amide bonds. The van der Waals surface area contributed by atoms with Gasteiger partial charge in [-0.05, 0) is 25.1 Å². The van der Waals surface area contributed by atoms with Crippen molar-refractivity contribution in [2.75, 3.05) is 39.1 Å². The number of sulfonamides is 1. The van der Waals surface area contributed by atoms with Crippen molar-refractivity contribution in [2.45, 2.75) is 18.7 Å². The smallest absolute Gasteiger partial charge is 0.246 e. The standard InChI is InChI=1S/C13H22N2O4S/c1-4-15(8-9-19-5-2)20(16,17)13-10-11(14)6-7-12(13)18-3/h6-7,10H,4-5,8-9,14H2,1-3H3. The number of nitrogens with zero attached hydrogens (tertiary/aromatic N) is 1. The highest BCUT2D eigenvalue weighted by molar-refractivity contribution is 7.89. The van der Waals surface area contributed by atoms with Gasteiger partial charge in [-0.2, -0.15) is 4.31 Å². The van der Waals surface area contributed by atoms with Gasteiger partial charge in [0.15, 0.2) is 0 Å². The first-order valence-corrected chi connectivity index (χ1v) is 7.92. The van der Waals surface area contributed by atoms with Crippen LogP contribution < -0.4 is 10.5 Å². The highest BCUT2D eigenvalue weighted by Crippen LogP contribution is 2.28. The number of benzene rings is 1. The molecule has 0 aliphatic rings. The van der Waals surface area contributed by atoms with Crippen LogP contribution in [0.4, 0.5) is 5.69 Å². The topological polar surface area (TPSA) is 81.9 Å². The Morgan fingerprint density at radius 3 is 2.55 bits per heavy atom. The van der Waals surface area contributed by atoms with Crippen LogP contribution in [-0.2, 0) is 14.8 Å². The molecule has 0 aliphatic carbocycles. The second-order valence-electron chi connectivity index (χ2n) is 4.10. The second-order valence-corrected chi connectivity index (χ2v) is 6.01. The molecular weight excluding hydrogens is 280 g/mol. The van der Waals surface area contributed by atoms with E-state index in [1.54, 1.807) is 19.1 Å². The van der Waals surface area contributed by atoms with Gasteiger partial charge >= 0.3 is 0 Å². The number of nitrogen functional groups attached to an aromatic ring is 1. The largest absolute Gasteiger partial charge is 0.495 e. The normalized spacial score (nSPS) is 11.8. The predicted octanol–water partition coefficient (Wildman–Crippen LogP) is 1.32. The van der Waals surface area contributed by atoms with Crippen molar-refractivity contribution in [3.8, 4) is 5.75 Å². The third kappa shape index (κ3) is 3.84. The van der Waals surface area contributed by atoms with E-state index in [1.807, 2.05) is 6.92 Å². The van der Waals surface area contributed by atoms with Gasteiger partial charge in [-0.1, -0.05) is 6.92 Å². The third-order valence-corrected chi connectivity index (χ3v) is 4.84. The van der Waals surface area contributed by atoms with Crippen molar-refractivity contribution in [3.05, 3.63) is 18.2 Å². The number of likely N-dealkylation sites (N-methyl/N-ethyl adjacent to an activating group) is 1. The van der Waals surface area contributed by atoms with Crippen molar-refractivity contribution in [1.29, 1.82) is 0 Å². The summed E-state index contributed by atoms with van der Waals surface area (Å²) in [6.07, 6.45) is 0. The molecule has 0 heterocycles. The molecule has 0 unspecified atom stereocenters. The van der Waals surface area contributed by atoms with E-state index in [1.165, 1.54) is 17.5 Å². The molecule has 2 N–H and O–H groups in total. The molecule has 1 rings (SSSR count). The summed E-state index contributed by atoms with van der Waals surface area (Å²) in [5, 5.41) is 0. The van der Waals surface area contributed by atoms with E-state index >= 15 is 0 Å². The van der Waals surface area contributed by atoms with Crippen LogP contribution in [0.1, 0.15) is 13.8 Å². The van der Waals surface area contributed by atoms with Gasteiger partial charge in [0.2, 0.25) is 10.0 Å². The maximum atomic E-state index is 12.6. The molecule has 0 fully saturated rings. The summed E-state index contributed by atoms with van der Waals surface area (Å²) in [4.78, 5) is 0.0818. The summed E-state index contributed by atoms with van der Waals surface area (Å²) in [5.74, 6) is 0.286. The van der Waals surface area contributed by atoms with Crippen molar-refractivity contribution in [3.63, 3.8) is 0 Å². The molecule has 1 aromatic carbocycles. The zero-order chi connectivity index (χ0) is 15.2. The molecule has 20 heavy (non-hydrogen) atoms. The Morgan fingerprint density at radius 2 is 2.00 bits per heavy atom. The zero-order valence-electron chi connectivity index (χ0n) is 12.1. The Morgan fingerprint density at radius 1 is 1.30 bits per heavy atom. The van der Waals surface area contributed by atoms with E-state index < -0.39 is 10.0 Å². The van der Waals surface area contributed by atoms with Gasteiger partial charge in [0, 0.05) is 25.4 Å². The van der Waals surface area contributed by atoms with Crippen molar-refractivity contribution in [2.24, 2.45) is 0 Å². The lowest BCUT2D eigenvalue weighted by atomic mass is 10.3. The summed E-state index contributed by atoms with van der Waals surface area (Å²) >= 11 is 0. The van der Waals surface area contributed by atoms with E-state index in [0.717, 1.165) is 0 Å². The summed E-state index contributed by atoms with van der Waals surface area (Å²) < 4.78 is 36.9. The summed E-state index contributed by atoms with van der Waals surface area (Å²) in [5.41, 5.74) is 6.06. The lowest BCUT2D eigenvalue weighted by Gasteiger charge is -2.21. The summed E-state index contributed by atoms with van der Waals surface area (Å²) in [6.45, 7) is 5.21. The molecule has 6 nitrogen and oxygen atoms in total. The molecule has 0 radical (unpaired) electrons. The van der Waals surface area contributed by atoms with Crippen molar-refractivity contribution >= 4 is 15.7 Å². The van der Waals surface area contributed by atoms with Crippen LogP contribution in [0.5, 0.6) is 5.75 Å². The lowest BCUT2D eigenvalue weighted by molar-refractivity contribution is 0.135. The maximum absolute atomic E-state index is 12.6. The number of ether oxygens (including phenoxy) is 2. The van der Waals surface area contributed by atoms with E-state index in [2.05, 4.69) is 0 Å². The SMILES string of the molecule is CCOCCN(CC)S(=O)(=O)c1cc(N)ccc1OC. The van der Waals surface area contributed by atoms with Crippen LogP contribution >= 0.6 is 0 Å². The Kier molecular flexibility index (Phi) is 6.25. The monoisotopic (exact) mass is 302 g/mol. The second kappa shape index (κ2) is 7.47. The average molecular weight is 302 g/mol. The minimum Gasteiger partial charge on any atom is -0.495 e. The number of hydrogen-bond acceptors (Lipinski definition) is 5. The third-order valence-electron chi connectivity index (χ3n) is 2.85. The summed E-state index contributed by atoms with van der Waals surface area (Å²) in [6, 6.07) is 4.57. The quantitative estimate of drug-likeness (QED) is 0.578. The van der Waals surface area contributed by atoms with Crippen LogP contribution in [0.25, 0.3) is 0 Å².